The molecule has 0 saturated carbocycles. The molecule has 1 aromatic carbocycles. The first-order valence-corrected chi connectivity index (χ1v) is 13.5. The number of nitrogens with one attached hydrogen (secondary N) is 1. The molecule has 1 heterocycles. The van der Waals surface area contributed by atoms with Crippen LogP contribution in [0.15, 0.2) is 46.8 Å². The molecule has 1 aliphatic rings. The van der Waals surface area contributed by atoms with Gasteiger partial charge in [0.2, 0.25) is 0 Å². The fourth-order valence-electron chi connectivity index (χ4n) is 5.50. The maximum Gasteiger partial charge on any atom is 0.337 e. The van der Waals surface area contributed by atoms with Gasteiger partial charge < -0.3 is 41.0 Å². The maximum absolute atomic E-state index is 13.9. The SMILES string of the molecule is CCOC(=O)C1=C(CCCCCN)NC(C)=C(C(=O)OC)C1(c1ccccc1Cl)C(C(=O)O)C(O)(CC(=O)O)C(=O)O. The Bertz CT molecular complexity index is 1310. The lowest BCUT2D eigenvalue weighted by Crippen LogP contribution is -2.63. The highest BCUT2D eigenvalue weighted by Crippen LogP contribution is 2.56. The van der Waals surface area contributed by atoms with Crippen LogP contribution in [0.4, 0.5) is 0 Å². The zero-order chi connectivity index (χ0) is 31.8. The van der Waals surface area contributed by atoms with Gasteiger partial charge in [0.1, 0.15) is 5.92 Å². The fourth-order valence-corrected chi connectivity index (χ4v) is 5.78. The Morgan fingerprint density at radius 3 is 2.19 bits per heavy atom. The normalized spacial score (nSPS) is 18.9. The fraction of sp³-hybridized carbons (Fsp3) is 0.464. The molecular formula is C28H35ClN2O11. The maximum atomic E-state index is 13.9. The Balaban J connectivity index is 3.35. The molecule has 1 aliphatic heterocycles. The van der Waals surface area contributed by atoms with Gasteiger partial charge in [0.05, 0.1) is 36.7 Å². The van der Waals surface area contributed by atoms with Crippen LogP contribution in [0.25, 0.3) is 0 Å². The van der Waals surface area contributed by atoms with E-state index < -0.39 is 64.3 Å². The number of nitrogens with two attached hydrogens (primary N) is 1. The molecule has 0 aliphatic carbocycles. The Kier molecular flexibility index (Phi) is 11.7. The number of ether oxygens (including phenoxy) is 2. The van der Waals surface area contributed by atoms with E-state index in [2.05, 4.69) is 5.32 Å². The van der Waals surface area contributed by atoms with Crippen LogP contribution in [-0.2, 0) is 38.9 Å². The van der Waals surface area contributed by atoms with Crippen LogP contribution < -0.4 is 11.1 Å². The monoisotopic (exact) mass is 610 g/mol. The molecule has 0 fully saturated rings. The molecule has 0 amide bonds. The van der Waals surface area contributed by atoms with Crippen molar-refractivity contribution >= 4 is 41.4 Å². The van der Waals surface area contributed by atoms with Gasteiger partial charge >= 0.3 is 29.8 Å². The lowest BCUT2D eigenvalue weighted by Gasteiger charge is -2.49. The van der Waals surface area contributed by atoms with E-state index in [1.54, 1.807) is 0 Å². The highest BCUT2D eigenvalue weighted by molar-refractivity contribution is 6.32. The van der Waals surface area contributed by atoms with Crippen molar-refractivity contribution in [2.75, 3.05) is 20.3 Å². The highest BCUT2D eigenvalue weighted by Gasteiger charge is 2.67. The van der Waals surface area contributed by atoms with Crippen molar-refractivity contribution in [3.05, 3.63) is 57.4 Å². The molecule has 0 bridgehead atoms. The van der Waals surface area contributed by atoms with Crippen LogP contribution in [0.3, 0.4) is 0 Å². The number of esters is 2. The molecule has 14 heteroatoms. The molecule has 0 spiro atoms. The first-order valence-electron chi connectivity index (χ1n) is 13.1. The van der Waals surface area contributed by atoms with Crippen molar-refractivity contribution in [2.45, 2.75) is 57.0 Å². The lowest BCUT2D eigenvalue weighted by molar-refractivity contribution is -0.183. The van der Waals surface area contributed by atoms with E-state index >= 15 is 0 Å². The third-order valence-electron chi connectivity index (χ3n) is 7.05. The van der Waals surface area contributed by atoms with Crippen LogP contribution in [0.2, 0.25) is 5.02 Å². The zero-order valence-corrected chi connectivity index (χ0v) is 24.2. The van der Waals surface area contributed by atoms with E-state index in [1.165, 1.54) is 38.1 Å². The summed E-state index contributed by atoms with van der Waals surface area (Å²) in [5.74, 6) is -11.2. The summed E-state index contributed by atoms with van der Waals surface area (Å²) in [6.07, 6.45) is 0.0776. The number of benzene rings is 1. The van der Waals surface area contributed by atoms with Crippen molar-refractivity contribution in [1.29, 1.82) is 0 Å². The molecule has 1 aromatic rings. The van der Waals surface area contributed by atoms with Gasteiger partial charge in [-0.2, -0.15) is 0 Å². The van der Waals surface area contributed by atoms with Crippen molar-refractivity contribution in [3.8, 4) is 0 Å². The topological polar surface area (TPSA) is 223 Å². The second-order valence-electron chi connectivity index (χ2n) is 9.65. The number of unbranched alkanes of at least 4 members (excludes halogenated alkanes) is 2. The van der Waals surface area contributed by atoms with Gasteiger partial charge in [0, 0.05) is 16.4 Å². The average Bonchev–Trinajstić information content (AvgIpc) is 2.90. The van der Waals surface area contributed by atoms with Crippen LogP contribution in [0, 0.1) is 5.92 Å². The smallest absolute Gasteiger partial charge is 0.337 e. The van der Waals surface area contributed by atoms with Crippen molar-refractivity contribution in [3.63, 3.8) is 0 Å². The largest absolute Gasteiger partial charge is 0.481 e. The number of carbonyl (C=O) groups excluding carboxylic acids is 2. The van der Waals surface area contributed by atoms with Crippen molar-refractivity contribution in [1.82, 2.24) is 5.32 Å². The molecule has 0 radical (unpaired) electrons. The quantitative estimate of drug-likeness (QED) is 0.123. The van der Waals surface area contributed by atoms with Gasteiger partial charge in [0.15, 0.2) is 5.60 Å². The molecule has 13 nitrogen and oxygen atoms in total. The molecule has 3 atom stereocenters. The Labute approximate surface area is 246 Å². The minimum Gasteiger partial charge on any atom is -0.481 e. The number of hydrogen-bond donors (Lipinski definition) is 6. The molecule has 0 aromatic heterocycles. The highest BCUT2D eigenvalue weighted by atomic mass is 35.5. The van der Waals surface area contributed by atoms with Gasteiger partial charge in [-0.1, -0.05) is 36.2 Å². The second kappa shape index (κ2) is 14.3. The summed E-state index contributed by atoms with van der Waals surface area (Å²) in [5, 5.41) is 44.9. The minimum atomic E-state index is -3.60. The van der Waals surface area contributed by atoms with Gasteiger partial charge in [-0.25, -0.2) is 14.4 Å². The number of carboxylic acids is 3. The average molecular weight is 611 g/mol. The van der Waals surface area contributed by atoms with Crippen LogP contribution in [0.1, 0.15) is 51.5 Å². The number of hydrogen-bond acceptors (Lipinski definition) is 10. The van der Waals surface area contributed by atoms with E-state index in [9.17, 15) is 44.4 Å². The number of carbonyl (C=O) groups is 5. The van der Waals surface area contributed by atoms with Crippen molar-refractivity contribution < 1.29 is 53.9 Å². The molecule has 7 N–H and O–H groups in total. The lowest BCUT2D eigenvalue weighted by atomic mass is 9.54. The Hall–Kier alpha value is -3.94. The summed E-state index contributed by atoms with van der Waals surface area (Å²) in [6, 6.07) is 5.43. The van der Waals surface area contributed by atoms with E-state index in [0.717, 1.165) is 7.11 Å². The first-order chi connectivity index (χ1) is 19.7. The molecule has 3 unspecified atom stereocenters. The van der Waals surface area contributed by atoms with E-state index in [4.69, 9.17) is 26.8 Å². The zero-order valence-electron chi connectivity index (χ0n) is 23.4. The summed E-state index contributed by atoms with van der Waals surface area (Å²) >= 11 is 6.61. The minimum absolute atomic E-state index is 0.0436. The summed E-state index contributed by atoms with van der Waals surface area (Å²) in [5.41, 5.74) is -2.09. The molecule has 230 valence electrons. The molecule has 42 heavy (non-hydrogen) atoms. The Morgan fingerprint density at radius 2 is 1.69 bits per heavy atom. The Morgan fingerprint density at radius 1 is 1.05 bits per heavy atom. The first kappa shape index (κ1) is 34.3. The summed E-state index contributed by atoms with van der Waals surface area (Å²) in [7, 11) is 0.979. The van der Waals surface area contributed by atoms with Crippen LogP contribution >= 0.6 is 11.6 Å². The van der Waals surface area contributed by atoms with Gasteiger partial charge in [0.25, 0.3) is 0 Å². The van der Waals surface area contributed by atoms with Crippen LogP contribution in [0.5, 0.6) is 0 Å². The number of carboxylic acid groups (broad SMARTS) is 3. The number of allylic oxidation sites excluding steroid dienone is 2. The van der Waals surface area contributed by atoms with E-state index in [-0.39, 0.29) is 35.0 Å². The number of dihydropyridines is 1. The van der Waals surface area contributed by atoms with Gasteiger partial charge in [-0.05, 0) is 51.3 Å². The second-order valence-corrected chi connectivity index (χ2v) is 10.1. The summed E-state index contributed by atoms with van der Waals surface area (Å²) < 4.78 is 10.3. The van der Waals surface area contributed by atoms with Gasteiger partial charge in [-0.3, -0.25) is 9.59 Å². The standard InChI is InChI=1S/C28H35ClN2O11/c1-4-42-25(37)21-18(12-6-5-9-13-30)31-15(2)20(24(36)41-3)28(21,16-10-7-8-11-17(16)29)22(23(34)35)27(40,26(38)39)14-19(32)33/h7-8,10-11,22,31,40H,4-6,9,12-14,30H2,1-3H3,(H,32,33)(H,34,35)(H,38,39). The number of methoxy groups -OCH3 is 1. The number of aliphatic hydroxyl groups is 1. The number of aliphatic carboxylic acids is 3. The molecule has 2 rings (SSSR count). The predicted molar refractivity (Wildman–Crippen MR) is 148 cm³/mol. The number of rotatable bonds is 15. The van der Waals surface area contributed by atoms with E-state index in [1.807, 2.05) is 0 Å². The van der Waals surface area contributed by atoms with Crippen LogP contribution in [-0.4, -0.2) is 76.1 Å². The predicted octanol–water partition coefficient (Wildman–Crippen LogP) is 1.96. The number of halogens is 1. The van der Waals surface area contributed by atoms with E-state index in [0.29, 0.717) is 25.8 Å². The third kappa shape index (κ3) is 6.42. The molecular weight excluding hydrogens is 576 g/mol. The van der Waals surface area contributed by atoms with Gasteiger partial charge in [-0.15, -0.1) is 0 Å². The summed E-state index contributed by atoms with van der Waals surface area (Å²) in [6.45, 7) is 3.01. The summed E-state index contributed by atoms with van der Waals surface area (Å²) in [4.78, 5) is 65.3. The molecule has 0 saturated heterocycles. The van der Waals surface area contributed by atoms with Crippen molar-refractivity contribution in [2.24, 2.45) is 11.7 Å². The third-order valence-corrected chi connectivity index (χ3v) is 7.38.